The zero-order valence-corrected chi connectivity index (χ0v) is 35.9. The molecule has 11 heteroatoms. The van der Waals surface area contributed by atoms with Gasteiger partial charge in [-0.2, -0.15) is 0 Å². The smallest absolute Gasteiger partial charge is 0.306 e. The summed E-state index contributed by atoms with van der Waals surface area (Å²) in [5.41, 5.74) is 0. The topological polar surface area (TPSA) is 163 Å². The van der Waals surface area contributed by atoms with Crippen LogP contribution < -0.4 is 0 Å². The lowest BCUT2D eigenvalue weighted by Gasteiger charge is -2.18. The molecule has 0 spiro atoms. The van der Waals surface area contributed by atoms with Gasteiger partial charge in [-0.25, -0.2) is 0 Å². The van der Waals surface area contributed by atoms with Crippen molar-refractivity contribution < 1.29 is 49.0 Å². The Morgan fingerprint density at radius 2 is 0.759 bits per heavy atom. The Hall–Kier alpha value is -3.87. The molecule has 0 aromatic rings. The summed E-state index contributed by atoms with van der Waals surface area (Å²) in [6.45, 7) is 32.5. The van der Waals surface area contributed by atoms with E-state index in [0.29, 0.717) is 38.7 Å². The van der Waals surface area contributed by atoms with Gasteiger partial charge in [0.25, 0.3) is 0 Å². The standard InChI is InChI=1S/C14H27NO.C13H22O3.C11H18O3.C9H14O3/c1-3-11-15(12-4-2)13-9-7-5-6-8-10-14-16;1-3-8-12(9-4-2)16-13(15)10-6-5-7-11-14;1-3-10(4-2)14-11(13)8-6-5-7-9-12;1-3-8(4-2)12-9(11)6-5-7-10/h3-4,16H,1-2,5-14H2;3-4,12,14H,1-2,5-11H2;3-4,10,12H,1-2,5-9H2;3-4,8,10H,1-2,5-7H2. The minimum atomic E-state index is -0.420. The maximum Gasteiger partial charge on any atom is 0.306 e. The lowest BCUT2D eigenvalue weighted by atomic mass is 10.1. The van der Waals surface area contributed by atoms with E-state index in [1.54, 1.807) is 12.2 Å². The Kier molecular flexibility index (Phi) is 53.6. The molecule has 0 aliphatic carbocycles. The second-order valence-electron chi connectivity index (χ2n) is 13.1. The predicted octanol–water partition coefficient (Wildman–Crippen LogP) is 8.46. The third kappa shape index (κ3) is 48.3. The Bertz CT molecular complexity index is 1020. The fraction of sp³-hybridized carbons (Fsp3) is 0.596. The van der Waals surface area contributed by atoms with Crippen LogP contribution in [0, 0.1) is 0 Å². The van der Waals surface area contributed by atoms with Gasteiger partial charge in [0.2, 0.25) is 0 Å². The predicted molar refractivity (Wildman–Crippen MR) is 239 cm³/mol. The van der Waals surface area contributed by atoms with Crippen LogP contribution in [0.3, 0.4) is 0 Å². The molecule has 0 bridgehead atoms. The average Bonchev–Trinajstić information content (AvgIpc) is 3.22. The molecule has 334 valence electrons. The average molecular weight is 820 g/mol. The quantitative estimate of drug-likeness (QED) is 0.0208. The van der Waals surface area contributed by atoms with Crippen molar-refractivity contribution in [2.75, 3.05) is 46.1 Å². The molecule has 0 aliphatic rings. The van der Waals surface area contributed by atoms with E-state index in [0.717, 1.165) is 64.6 Å². The third-order valence-electron chi connectivity index (χ3n) is 7.90. The summed E-state index contributed by atoms with van der Waals surface area (Å²) >= 11 is 0. The molecule has 58 heavy (non-hydrogen) atoms. The van der Waals surface area contributed by atoms with E-state index in [2.05, 4.69) is 57.5 Å². The van der Waals surface area contributed by atoms with E-state index in [-0.39, 0.29) is 56.4 Å². The van der Waals surface area contributed by atoms with Gasteiger partial charge in [-0.3, -0.25) is 19.3 Å². The fourth-order valence-electron chi connectivity index (χ4n) is 4.73. The molecule has 0 saturated heterocycles. The summed E-state index contributed by atoms with van der Waals surface area (Å²) in [5, 5.41) is 34.1. The number of esters is 3. The Labute approximate surface area is 352 Å². The van der Waals surface area contributed by atoms with Gasteiger partial charge >= 0.3 is 17.9 Å². The van der Waals surface area contributed by atoms with Crippen LogP contribution in [-0.4, -0.2) is 108 Å². The third-order valence-corrected chi connectivity index (χ3v) is 7.90. The second kappa shape index (κ2) is 51.1. The van der Waals surface area contributed by atoms with Gasteiger partial charge in [0, 0.05) is 71.6 Å². The van der Waals surface area contributed by atoms with Gasteiger partial charge in [0.05, 0.1) is 0 Å². The number of carbonyl (C=O) groups excluding carboxylic acids is 3. The fourth-order valence-corrected chi connectivity index (χ4v) is 4.73. The molecule has 0 heterocycles. The van der Waals surface area contributed by atoms with Crippen LogP contribution in [0.1, 0.15) is 116 Å². The van der Waals surface area contributed by atoms with Gasteiger partial charge in [0.15, 0.2) is 0 Å². The van der Waals surface area contributed by atoms with E-state index < -0.39 is 6.10 Å². The van der Waals surface area contributed by atoms with Crippen LogP contribution in [0.2, 0.25) is 0 Å². The van der Waals surface area contributed by atoms with Gasteiger partial charge in [-0.1, -0.05) is 89.1 Å². The summed E-state index contributed by atoms with van der Waals surface area (Å²) in [5.74, 6) is -0.756. The first-order valence-corrected chi connectivity index (χ1v) is 20.8. The molecule has 0 aromatic carbocycles. The first-order valence-electron chi connectivity index (χ1n) is 20.8. The summed E-state index contributed by atoms with van der Waals surface area (Å²) in [4.78, 5) is 35.8. The minimum absolute atomic E-state index is 0.00193. The highest BCUT2D eigenvalue weighted by Crippen LogP contribution is 2.10. The number of aliphatic hydroxyl groups is 4. The highest BCUT2D eigenvalue weighted by Gasteiger charge is 2.11. The normalized spacial score (nSPS) is 10.1. The van der Waals surface area contributed by atoms with E-state index in [4.69, 9.17) is 34.6 Å². The molecular formula is C47H81NO10. The number of rotatable bonds is 36. The Morgan fingerprint density at radius 3 is 1.10 bits per heavy atom. The summed E-state index contributed by atoms with van der Waals surface area (Å²) in [6.07, 6.45) is 27.2. The highest BCUT2D eigenvalue weighted by molar-refractivity contribution is 5.70. The van der Waals surface area contributed by atoms with E-state index in [1.807, 2.05) is 12.2 Å². The lowest BCUT2D eigenvalue weighted by molar-refractivity contribution is -0.149. The van der Waals surface area contributed by atoms with Crippen molar-refractivity contribution in [2.45, 2.75) is 134 Å². The van der Waals surface area contributed by atoms with Crippen LogP contribution in [-0.2, 0) is 28.6 Å². The SMILES string of the molecule is C=CC(C=C)OC(=O)CCCCCO.C=CC(C=C)OC(=O)CCCO.C=CCC(CC=C)OC(=O)CCCCCO.C=CCN(CC=C)CCCCCCCCO. The molecular weight excluding hydrogens is 739 g/mol. The highest BCUT2D eigenvalue weighted by atomic mass is 16.5. The molecule has 11 nitrogen and oxygen atoms in total. The number of hydrogen-bond donors (Lipinski definition) is 4. The van der Waals surface area contributed by atoms with Crippen molar-refractivity contribution in [1.29, 1.82) is 0 Å². The van der Waals surface area contributed by atoms with Crippen molar-refractivity contribution in [3.8, 4) is 0 Å². The molecule has 0 atom stereocenters. The molecule has 0 saturated carbocycles. The number of hydrogen-bond acceptors (Lipinski definition) is 11. The Morgan fingerprint density at radius 1 is 0.431 bits per heavy atom. The molecule has 0 aliphatic heterocycles. The van der Waals surface area contributed by atoms with Gasteiger partial charge in [-0.15, -0.1) is 26.3 Å². The van der Waals surface area contributed by atoms with Crippen LogP contribution in [0.5, 0.6) is 0 Å². The molecule has 0 rings (SSSR count). The van der Waals surface area contributed by atoms with E-state index >= 15 is 0 Å². The molecule has 0 unspecified atom stereocenters. The summed E-state index contributed by atoms with van der Waals surface area (Å²) in [6, 6.07) is 0. The van der Waals surface area contributed by atoms with Crippen molar-refractivity contribution >= 4 is 17.9 Å². The van der Waals surface area contributed by atoms with Crippen LogP contribution in [0.4, 0.5) is 0 Å². The zero-order valence-electron chi connectivity index (χ0n) is 35.9. The number of unbranched alkanes of at least 4 members (excludes halogenated alkanes) is 9. The monoisotopic (exact) mass is 820 g/mol. The largest absolute Gasteiger partial charge is 0.462 e. The maximum absolute atomic E-state index is 11.4. The number of nitrogens with zero attached hydrogens (tertiary/aromatic N) is 1. The van der Waals surface area contributed by atoms with E-state index in [9.17, 15) is 14.4 Å². The van der Waals surface area contributed by atoms with E-state index in [1.165, 1.54) is 56.4 Å². The Balaban J connectivity index is -0.000000337. The minimum Gasteiger partial charge on any atom is -0.462 e. The van der Waals surface area contributed by atoms with Gasteiger partial charge in [-0.05, 0) is 75.8 Å². The molecule has 0 amide bonds. The van der Waals surface area contributed by atoms with Crippen molar-refractivity contribution in [2.24, 2.45) is 0 Å². The van der Waals surface area contributed by atoms with Crippen molar-refractivity contribution in [3.05, 3.63) is 101 Å². The van der Waals surface area contributed by atoms with Crippen LogP contribution >= 0.6 is 0 Å². The number of carbonyl (C=O) groups is 3. The second-order valence-corrected chi connectivity index (χ2v) is 13.1. The summed E-state index contributed by atoms with van der Waals surface area (Å²) in [7, 11) is 0. The number of aliphatic hydroxyl groups excluding tert-OH is 4. The van der Waals surface area contributed by atoms with Crippen LogP contribution in [0.25, 0.3) is 0 Å². The molecule has 0 aromatic heterocycles. The zero-order chi connectivity index (χ0) is 44.5. The number of ether oxygens (including phenoxy) is 3. The van der Waals surface area contributed by atoms with Crippen molar-refractivity contribution in [1.82, 2.24) is 4.90 Å². The first kappa shape index (κ1) is 60.8. The summed E-state index contributed by atoms with van der Waals surface area (Å²) < 4.78 is 15.1. The van der Waals surface area contributed by atoms with Crippen molar-refractivity contribution in [3.63, 3.8) is 0 Å². The first-order chi connectivity index (χ1) is 28.1. The lowest BCUT2D eigenvalue weighted by Crippen LogP contribution is -2.24. The molecule has 0 radical (unpaired) electrons. The van der Waals surface area contributed by atoms with Gasteiger partial charge < -0.3 is 34.6 Å². The maximum atomic E-state index is 11.4. The molecule has 0 fully saturated rings. The molecule has 4 N–H and O–H groups in total. The van der Waals surface area contributed by atoms with Gasteiger partial charge in [0.1, 0.15) is 18.3 Å². The van der Waals surface area contributed by atoms with Crippen LogP contribution in [0.15, 0.2) is 101 Å².